The van der Waals surface area contributed by atoms with Gasteiger partial charge in [-0.15, -0.1) is 11.3 Å². The third kappa shape index (κ3) is 2.78. The maximum absolute atomic E-state index is 12.3. The van der Waals surface area contributed by atoms with Gasteiger partial charge in [0.05, 0.1) is 11.4 Å². The van der Waals surface area contributed by atoms with E-state index in [1.165, 1.54) is 11.3 Å². The monoisotopic (exact) mass is 343 g/mol. The van der Waals surface area contributed by atoms with Gasteiger partial charge in [-0.3, -0.25) is 4.79 Å². The number of ether oxygens (including phenoxy) is 1. The molecule has 0 atom stereocenters. The standard InChI is InChI=1S/C17H17N3O3S/c1-9-7-10(2)19-16-13(9)14(18)15(24-16)17(22)23-8-12(21)11-5-4-6-20(11)3/h4-7H,8,18H2,1-3H3. The minimum atomic E-state index is -0.602. The minimum Gasteiger partial charge on any atom is -0.453 e. The van der Waals surface area contributed by atoms with E-state index in [0.29, 0.717) is 16.2 Å². The summed E-state index contributed by atoms with van der Waals surface area (Å²) in [6, 6.07) is 5.36. The zero-order valence-electron chi connectivity index (χ0n) is 13.6. The van der Waals surface area contributed by atoms with E-state index < -0.39 is 5.97 Å². The lowest BCUT2D eigenvalue weighted by molar-refractivity contribution is 0.0478. The van der Waals surface area contributed by atoms with Crippen molar-refractivity contribution in [2.24, 2.45) is 7.05 Å². The molecule has 0 bridgehead atoms. The van der Waals surface area contributed by atoms with Crippen LogP contribution >= 0.6 is 11.3 Å². The van der Waals surface area contributed by atoms with Crippen molar-refractivity contribution in [3.63, 3.8) is 0 Å². The summed E-state index contributed by atoms with van der Waals surface area (Å²) in [5.74, 6) is -0.865. The van der Waals surface area contributed by atoms with Crippen LogP contribution in [0.15, 0.2) is 24.4 Å². The Morgan fingerprint density at radius 1 is 1.38 bits per heavy atom. The topological polar surface area (TPSA) is 87.2 Å². The predicted molar refractivity (Wildman–Crippen MR) is 93.5 cm³/mol. The number of nitrogen functional groups attached to an aromatic ring is 1. The number of hydrogen-bond donors (Lipinski definition) is 1. The number of pyridine rings is 1. The number of hydrogen-bond acceptors (Lipinski definition) is 6. The zero-order valence-corrected chi connectivity index (χ0v) is 14.4. The SMILES string of the molecule is Cc1cc(C)c2c(N)c(C(=O)OCC(=O)c3cccn3C)sc2n1. The normalized spacial score (nSPS) is 11.0. The van der Waals surface area contributed by atoms with E-state index in [4.69, 9.17) is 10.5 Å². The number of Topliss-reactive ketones (excluding diaryl/α,β-unsaturated/α-hetero) is 1. The second-order valence-electron chi connectivity index (χ2n) is 5.61. The fourth-order valence-corrected chi connectivity index (χ4v) is 3.75. The summed E-state index contributed by atoms with van der Waals surface area (Å²) in [6.45, 7) is 3.49. The zero-order chi connectivity index (χ0) is 17.4. The average Bonchev–Trinajstić information content (AvgIpc) is 3.08. The molecule has 24 heavy (non-hydrogen) atoms. The molecule has 6 nitrogen and oxygen atoms in total. The molecule has 0 aromatic carbocycles. The third-order valence-corrected chi connectivity index (χ3v) is 4.85. The lowest BCUT2D eigenvalue weighted by Gasteiger charge is -2.05. The van der Waals surface area contributed by atoms with Crippen LogP contribution in [-0.4, -0.2) is 27.9 Å². The second kappa shape index (κ2) is 6.09. The summed E-state index contributed by atoms with van der Waals surface area (Å²) in [5, 5.41) is 0.770. The predicted octanol–water partition coefficient (Wildman–Crippen LogP) is 2.87. The summed E-state index contributed by atoms with van der Waals surface area (Å²) < 4.78 is 6.83. The van der Waals surface area contributed by atoms with Gasteiger partial charge >= 0.3 is 5.97 Å². The first kappa shape index (κ1) is 16.2. The number of carbonyl (C=O) groups is 2. The molecule has 0 spiro atoms. The van der Waals surface area contributed by atoms with Crippen molar-refractivity contribution in [1.29, 1.82) is 0 Å². The fraction of sp³-hybridized carbons (Fsp3) is 0.235. The van der Waals surface area contributed by atoms with Crippen molar-refractivity contribution in [2.75, 3.05) is 12.3 Å². The molecule has 0 saturated carbocycles. The molecule has 0 aliphatic rings. The Morgan fingerprint density at radius 3 is 2.79 bits per heavy atom. The minimum absolute atomic E-state index is 0.263. The molecule has 3 aromatic rings. The molecule has 3 aromatic heterocycles. The average molecular weight is 343 g/mol. The van der Waals surface area contributed by atoms with Crippen LogP contribution in [0.2, 0.25) is 0 Å². The molecule has 3 heterocycles. The van der Waals surface area contributed by atoms with Crippen LogP contribution < -0.4 is 5.73 Å². The third-order valence-electron chi connectivity index (χ3n) is 3.77. The number of nitrogens with two attached hydrogens (primary N) is 1. The van der Waals surface area contributed by atoms with Gasteiger partial charge in [0.2, 0.25) is 5.78 Å². The van der Waals surface area contributed by atoms with Crippen LogP contribution in [0, 0.1) is 13.8 Å². The summed E-state index contributed by atoms with van der Waals surface area (Å²) in [4.78, 5) is 29.8. The van der Waals surface area contributed by atoms with Crippen molar-refractivity contribution in [3.05, 3.63) is 46.2 Å². The van der Waals surface area contributed by atoms with Gasteiger partial charge in [-0.2, -0.15) is 0 Å². The molecule has 3 rings (SSSR count). The Labute approximate surface area is 142 Å². The lowest BCUT2D eigenvalue weighted by Crippen LogP contribution is -2.16. The van der Waals surface area contributed by atoms with Crippen LogP contribution in [0.3, 0.4) is 0 Å². The highest BCUT2D eigenvalue weighted by Gasteiger charge is 2.21. The quantitative estimate of drug-likeness (QED) is 0.581. The van der Waals surface area contributed by atoms with Gasteiger partial charge in [-0.05, 0) is 37.6 Å². The molecular weight excluding hydrogens is 326 g/mol. The summed E-state index contributed by atoms with van der Waals surface area (Å²) in [7, 11) is 1.76. The summed E-state index contributed by atoms with van der Waals surface area (Å²) in [5.41, 5.74) is 8.76. The number of rotatable bonds is 4. The summed E-state index contributed by atoms with van der Waals surface area (Å²) >= 11 is 1.19. The molecule has 0 aliphatic heterocycles. The van der Waals surface area contributed by atoms with Crippen molar-refractivity contribution in [3.8, 4) is 0 Å². The van der Waals surface area contributed by atoms with Gasteiger partial charge in [-0.25, -0.2) is 9.78 Å². The number of esters is 1. The first-order valence-corrected chi connectivity index (χ1v) is 8.18. The fourth-order valence-electron chi connectivity index (χ4n) is 2.64. The van der Waals surface area contributed by atoms with E-state index in [0.717, 1.165) is 16.6 Å². The largest absolute Gasteiger partial charge is 0.453 e. The van der Waals surface area contributed by atoms with Gasteiger partial charge in [0.25, 0.3) is 0 Å². The highest BCUT2D eigenvalue weighted by molar-refractivity contribution is 7.21. The number of fused-ring (bicyclic) bond motifs is 1. The molecule has 0 radical (unpaired) electrons. The highest BCUT2D eigenvalue weighted by atomic mass is 32.1. The number of ketones is 1. The molecule has 0 fully saturated rings. The Morgan fingerprint density at radius 2 is 2.12 bits per heavy atom. The lowest BCUT2D eigenvalue weighted by atomic mass is 10.1. The summed E-state index contributed by atoms with van der Waals surface area (Å²) in [6.07, 6.45) is 1.76. The van der Waals surface area contributed by atoms with Crippen LogP contribution in [0.25, 0.3) is 10.2 Å². The molecule has 0 saturated heterocycles. The molecule has 0 amide bonds. The molecule has 2 N–H and O–H groups in total. The Bertz CT molecular complexity index is 956. The van der Waals surface area contributed by atoms with Gasteiger partial charge in [0, 0.05) is 24.3 Å². The van der Waals surface area contributed by atoms with Gasteiger partial charge in [-0.1, -0.05) is 0 Å². The highest BCUT2D eigenvalue weighted by Crippen LogP contribution is 2.35. The number of carbonyl (C=O) groups excluding carboxylic acids is 2. The van der Waals surface area contributed by atoms with E-state index in [9.17, 15) is 9.59 Å². The molecular formula is C17H17N3O3S. The Hall–Kier alpha value is -2.67. The number of aryl methyl sites for hydroxylation is 3. The smallest absolute Gasteiger partial charge is 0.350 e. The van der Waals surface area contributed by atoms with E-state index in [1.54, 1.807) is 29.9 Å². The van der Waals surface area contributed by atoms with Gasteiger partial charge in [0.15, 0.2) is 6.61 Å². The van der Waals surface area contributed by atoms with E-state index in [2.05, 4.69) is 4.98 Å². The van der Waals surface area contributed by atoms with Crippen molar-refractivity contribution >= 4 is 39.0 Å². The van der Waals surface area contributed by atoms with Crippen LogP contribution in [0.5, 0.6) is 0 Å². The Kier molecular flexibility index (Phi) is 4.11. The van der Waals surface area contributed by atoms with Gasteiger partial charge < -0.3 is 15.0 Å². The first-order chi connectivity index (χ1) is 11.4. The molecule has 124 valence electrons. The molecule has 0 unspecified atom stereocenters. The number of anilines is 1. The molecule has 0 aliphatic carbocycles. The number of thiophene rings is 1. The second-order valence-corrected chi connectivity index (χ2v) is 6.61. The van der Waals surface area contributed by atoms with Crippen molar-refractivity contribution < 1.29 is 14.3 Å². The van der Waals surface area contributed by atoms with E-state index >= 15 is 0 Å². The Balaban J connectivity index is 1.82. The number of nitrogens with zero attached hydrogens (tertiary/aromatic N) is 2. The van der Waals surface area contributed by atoms with Crippen LogP contribution in [0.4, 0.5) is 5.69 Å². The maximum Gasteiger partial charge on any atom is 0.350 e. The first-order valence-electron chi connectivity index (χ1n) is 7.36. The van der Waals surface area contributed by atoms with Crippen LogP contribution in [0.1, 0.15) is 31.4 Å². The van der Waals surface area contributed by atoms with E-state index in [-0.39, 0.29) is 17.3 Å². The van der Waals surface area contributed by atoms with Crippen molar-refractivity contribution in [2.45, 2.75) is 13.8 Å². The van der Waals surface area contributed by atoms with Crippen molar-refractivity contribution in [1.82, 2.24) is 9.55 Å². The van der Waals surface area contributed by atoms with E-state index in [1.807, 2.05) is 19.9 Å². The maximum atomic E-state index is 12.3. The molecule has 7 heteroatoms. The van der Waals surface area contributed by atoms with Gasteiger partial charge in [0.1, 0.15) is 9.71 Å². The number of aromatic nitrogens is 2. The van der Waals surface area contributed by atoms with Crippen LogP contribution in [-0.2, 0) is 11.8 Å².